The molecule has 1 aromatic carbocycles. The molecular weight excluding hydrogens is 242 g/mol. The van der Waals surface area contributed by atoms with E-state index in [1.165, 1.54) is 48.0 Å². The third kappa shape index (κ3) is 2.14. The van der Waals surface area contributed by atoms with Crippen molar-refractivity contribution in [3.8, 4) is 0 Å². The fourth-order valence-corrected chi connectivity index (χ4v) is 3.77. The largest absolute Gasteiger partial charge is 0.318 e. The van der Waals surface area contributed by atoms with Crippen molar-refractivity contribution in [1.29, 1.82) is 0 Å². The third-order valence-electron chi connectivity index (χ3n) is 4.83. The van der Waals surface area contributed by atoms with Crippen molar-refractivity contribution in [3.05, 3.63) is 53.1 Å². The maximum absolute atomic E-state index is 6.92. The molecule has 0 aliphatic heterocycles. The van der Waals surface area contributed by atoms with Crippen molar-refractivity contribution in [2.75, 3.05) is 0 Å². The molecule has 0 amide bonds. The normalized spacial score (nSPS) is 23.9. The molecule has 1 unspecified atom stereocenters. The fraction of sp³-hybridized carbons (Fsp3) is 0.474. The molecule has 1 atom stereocenters. The monoisotopic (exact) mass is 267 g/mol. The van der Waals surface area contributed by atoms with E-state index >= 15 is 0 Å². The summed E-state index contributed by atoms with van der Waals surface area (Å²) >= 11 is 0. The van der Waals surface area contributed by atoms with Gasteiger partial charge in [-0.2, -0.15) is 0 Å². The minimum Gasteiger partial charge on any atom is -0.318 e. The highest BCUT2D eigenvalue weighted by Gasteiger charge is 2.40. The Morgan fingerprint density at radius 2 is 2.00 bits per heavy atom. The maximum Gasteiger partial charge on any atom is 0.0640 e. The highest BCUT2D eigenvalue weighted by Crippen LogP contribution is 2.49. The quantitative estimate of drug-likeness (QED) is 0.752. The molecule has 3 rings (SSSR count). The van der Waals surface area contributed by atoms with Gasteiger partial charge in [0.15, 0.2) is 0 Å². The van der Waals surface area contributed by atoms with Crippen molar-refractivity contribution < 1.29 is 0 Å². The SMILES string of the molecule is CCCCCCC1(N)C2=C(C=CCC2)c2ccccc21. The van der Waals surface area contributed by atoms with E-state index in [4.69, 9.17) is 5.73 Å². The maximum atomic E-state index is 6.92. The van der Waals surface area contributed by atoms with Gasteiger partial charge in [0.2, 0.25) is 0 Å². The molecule has 0 saturated heterocycles. The van der Waals surface area contributed by atoms with E-state index < -0.39 is 0 Å². The number of rotatable bonds is 5. The van der Waals surface area contributed by atoms with Gasteiger partial charge >= 0.3 is 0 Å². The van der Waals surface area contributed by atoms with E-state index in [-0.39, 0.29) is 5.54 Å². The summed E-state index contributed by atoms with van der Waals surface area (Å²) in [6.45, 7) is 2.26. The standard InChI is InChI=1S/C19H25N/c1-2-3-4-9-14-19(20)17-12-7-5-10-15(17)16-11-6-8-13-18(16)19/h5-7,10-12H,2-4,8-9,13-14,20H2,1H3. The molecule has 2 N–H and O–H groups in total. The van der Waals surface area contributed by atoms with E-state index in [1.54, 1.807) is 0 Å². The summed E-state index contributed by atoms with van der Waals surface area (Å²) in [7, 11) is 0. The van der Waals surface area contributed by atoms with Gasteiger partial charge in [-0.1, -0.05) is 69.0 Å². The molecule has 1 nitrogen and oxygen atoms in total. The first-order valence-corrected chi connectivity index (χ1v) is 8.06. The number of hydrogen-bond acceptors (Lipinski definition) is 1. The number of fused-ring (bicyclic) bond motifs is 2. The molecule has 2 aliphatic rings. The molecule has 0 radical (unpaired) electrons. The summed E-state index contributed by atoms with van der Waals surface area (Å²) < 4.78 is 0. The highest BCUT2D eigenvalue weighted by atomic mass is 14.8. The van der Waals surface area contributed by atoms with E-state index in [0.717, 1.165) is 19.3 Å². The smallest absolute Gasteiger partial charge is 0.0640 e. The first-order chi connectivity index (χ1) is 9.77. The van der Waals surface area contributed by atoms with Crippen LogP contribution in [0.15, 0.2) is 42.0 Å². The second kappa shape index (κ2) is 5.57. The van der Waals surface area contributed by atoms with E-state index in [1.807, 2.05) is 0 Å². The molecular formula is C19H25N. The zero-order valence-electron chi connectivity index (χ0n) is 12.5. The molecule has 2 aliphatic carbocycles. The third-order valence-corrected chi connectivity index (χ3v) is 4.83. The van der Waals surface area contributed by atoms with Crippen molar-refractivity contribution >= 4 is 5.57 Å². The molecule has 0 bridgehead atoms. The van der Waals surface area contributed by atoms with Crippen LogP contribution in [0.4, 0.5) is 0 Å². The molecule has 0 saturated carbocycles. The summed E-state index contributed by atoms with van der Waals surface area (Å²) in [4.78, 5) is 0. The van der Waals surface area contributed by atoms with Crippen LogP contribution in [-0.2, 0) is 5.54 Å². The lowest BCUT2D eigenvalue weighted by atomic mass is 9.80. The van der Waals surface area contributed by atoms with Crippen molar-refractivity contribution in [1.82, 2.24) is 0 Å². The second-order valence-electron chi connectivity index (χ2n) is 6.16. The molecule has 20 heavy (non-hydrogen) atoms. The molecule has 0 heterocycles. The average molecular weight is 267 g/mol. The van der Waals surface area contributed by atoms with Crippen LogP contribution in [0.25, 0.3) is 5.57 Å². The van der Waals surface area contributed by atoms with Crippen LogP contribution in [0.5, 0.6) is 0 Å². The van der Waals surface area contributed by atoms with Crippen molar-refractivity contribution in [2.45, 2.75) is 57.4 Å². The molecule has 0 aromatic heterocycles. The molecule has 106 valence electrons. The molecule has 0 fully saturated rings. The lowest BCUT2D eigenvalue weighted by molar-refractivity contribution is 0.443. The summed E-state index contributed by atoms with van der Waals surface area (Å²) in [5, 5.41) is 0. The van der Waals surface area contributed by atoms with Crippen LogP contribution >= 0.6 is 0 Å². The Balaban J connectivity index is 1.92. The van der Waals surface area contributed by atoms with Crippen LogP contribution in [0.3, 0.4) is 0 Å². The number of nitrogens with two attached hydrogens (primary N) is 1. The summed E-state index contributed by atoms with van der Waals surface area (Å²) in [5.74, 6) is 0. The number of allylic oxidation sites excluding steroid dienone is 3. The van der Waals surface area contributed by atoms with Gasteiger partial charge in [0.25, 0.3) is 0 Å². The summed E-state index contributed by atoms with van der Waals surface area (Å²) in [5.41, 5.74) is 12.3. The Labute approximate surface area is 122 Å². The first-order valence-electron chi connectivity index (χ1n) is 8.06. The number of hydrogen-bond donors (Lipinski definition) is 1. The minimum absolute atomic E-state index is 0.204. The topological polar surface area (TPSA) is 26.0 Å². The highest BCUT2D eigenvalue weighted by molar-refractivity contribution is 5.86. The zero-order valence-corrected chi connectivity index (χ0v) is 12.5. The second-order valence-corrected chi connectivity index (χ2v) is 6.16. The lowest BCUT2D eigenvalue weighted by Crippen LogP contribution is -2.37. The molecule has 1 aromatic rings. The van der Waals surface area contributed by atoms with Crippen molar-refractivity contribution in [2.24, 2.45) is 5.73 Å². The van der Waals surface area contributed by atoms with E-state index in [9.17, 15) is 0 Å². The lowest BCUT2D eigenvalue weighted by Gasteiger charge is -2.30. The van der Waals surface area contributed by atoms with Crippen LogP contribution in [-0.4, -0.2) is 0 Å². The summed E-state index contributed by atoms with van der Waals surface area (Å²) in [6.07, 6.45) is 13.1. The number of unbranched alkanes of at least 4 members (excludes halogenated alkanes) is 3. The Morgan fingerprint density at radius 1 is 1.15 bits per heavy atom. The van der Waals surface area contributed by atoms with Crippen LogP contribution in [0.1, 0.15) is 63.0 Å². The Hall–Kier alpha value is -1.34. The number of benzene rings is 1. The van der Waals surface area contributed by atoms with Crippen LogP contribution in [0.2, 0.25) is 0 Å². The average Bonchev–Trinajstić information content (AvgIpc) is 2.75. The van der Waals surface area contributed by atoms with E-state index in [0.29, 0.717) is 0 Å². The molecule has 0 spiro atoms. The predicted molar refractivity (Wildman–Crippen MR) is 86.4 cm³/mol. The van der Waals surface area contributed by atoms with Crippen LogP contribution < -0.4 is 5.73 Å². The Bertz CT molecular complexity index is 553. The van der Waals surface area contributed by atoms with Gasteiger partial charge in [-0.25, -0.2) is 0 Å². The first kappa shape index (κ1) is 13.6. The predicted octanol–water partition coefficient (Wildman–Crippen LogP) is 4.93. The fourth-order valence-electron chi connectivity index (χ4n) is 3.77. The van der Waals surface area contributed by atoms with Gasteiger partial charge < -0.3 is 5.73 Å². The van der Waals surface area contributed by atoms with Gasteiger partial charge in [0.1, 0.15) is 0 Å². The van der Waals surface area contributed by atoms with Crippen molar-refractivity contribution in [3.63, 3.8) is 0 Å². The van der Waals surface area contributed by atoms with Gasteiger partial charge in [0.05, 0.1) is 5.54 Å². The minimum atomic E-state index is -0.204. The van der Waals surface area contributed by atoms with Gasteiger partial charge in [-0.3, -0.25) is 0 Å². The van der Waals surface area contributed by atoms with Gasteiger partial charge in [-0.15, -0.1) is 0 Å². The van der Waals surface area contributed by atoms with Gasteiger partial charge in [0, 0.05) is 0 Å². The van der Waals surface area contributed by atoms with Gasteiger partial charge in [-0.05, 0) is 41.5 Å². The Morgan fingerprint density at radius 3 is 2.85 bits per heavy atom. The van der Waals surface area contributed by atoms with E-state index in [2.05, 4.69) is 43.3 Å². The van der Waals surface area contributed by atoms with Crippen LogP contribution in [0, 0.1) is 0 Å². The molecule has 1 heteroatoms. The zero-order chi connectivity index (χ0) is 14.0. The summed E-state index contributed by atoms with van der Waals surface area (Å²) in [6, 6.07) is 8.74. The Kier molecular flexibility index (Phi) is 3.80.